The number of rotatable bonds is 10. The number of nitrogens with one attached hydrogen (secondary N) is 1. The molecule has 2 rings (SSSR count). The molecule has 1 N–H and O–H groups in total. The fraction of sp³-hybridized carbons (Fsp3) is 0.391. The summed E-state index contributed by atoms with van der Waals surface area (Å²) in [6.45, 7) is 2.99. The molecule has 192 valence electrons. The lowest BCUT2D eigenvalue weighted by atomic mass is 10.1. The number of anilines is 1. The minimum Gasteiger partial charge on any atom is -0.354 e. The molecule has 0 fully saturated rings. The van der Waals surface area contributed by atoms with Crippen LogP contribution in [0, 0.1) is 0 Å². The SMILES string of the molecule is CCCNC(=O)[C@H](C)N(Cc1ccc(Br)cc1)C(=O)CN(c1cccc(C(F)(F)F)c1)S(C)(=O)=O. The lowest BCUT2D eigenvalue weighted by molar-refractivity contribution is -0.139. The topological polar surface area (TPSA) is 86.8 Å². The molecule has 12 heteroatoms. The Hall–Kier alpha value is -2.60. The summed E-state index contributed by atoms with van der Waals surface area (Å²) in [5.41, 5.74) is -0.667. The number of alkyl halides is 3. The second-order valence-corrected chi connectivity index (χ2v) is 10.8. The number of benzene rings is 2. The quantitative estimate of drug-likeness (QED) is 0.459. The van der Waals surface area contributed by atoms with Crippen LogP contribution < -0.4 is 9.62 Å². The number of carbonyl (C=O) groups excluding carboxylic acids is 2. The molecule has 0 aliphatic carbocycles. The first kappa shape index (κ1) is 28.6. The number of hydrogen-bond acceptors (Lipinski definition) is 4. The van der Waals surface area contributed by atoms with E-state index in [-0.39, 0.29) is 12.2 Å². The third-order valence-electron chi connectivity index (χ3n) is 5.12. The van der Waals surface area contributed by atoms with Gasteiger partial charge in [-0.2, -0.15) is 13.2 Å². The Bertz CT molecular complexity index is 1140. The molecule has 2 amide bonds. The van der Waals surface area contributed by atoms with E-state index in [1.165, 1.54) is 17.9 Å². The summed E-state index contributed by atoms with van der Waals surface area (Å²) < 4.78 is 66.0. The van der Waals surface area contributed by atoms with Gasteiger partial charge in [0.05, 0.1) is 17.5 Å². The van der Waals surface area contributed by atoms with E-state index in [0.717, 1.165) is 22.9 Å². The molecule has 0 bridgehead atoms. The molecule has 1 atom stereocenters. The summed E-state index contributed by atoms with van der Waals surface area (Å²) in [5.74, 6) is -1.17. The van der Waals surface area contributed by atoms with Gasteiger partial charge in [-0.05, 0) is 49.2 Å². The smallest absolute Gasteiger partial charge is 0.354 e. The number of carbonyl (C=O) groups is 2. The maximum Gasteiger partial charge on any atom is 0.416 e. The van der Waals surface area contributed by atoms with E-state index in [0.29, 0.717) is 28.9 Å². The number of sulfonamides is 1. The molecular weight excluding hydrogens is 551 g/mol. The van der Waals surface area contributed by atoms with Crippen LogP contribution in [0.25, 0.3) is 0 Å². The highest BCUT2D eigenvalue weighted by Crippen LogP contribution is 2.32. The van der Waals surface area contributed by atoms with Gasteiger partial charge in [-0.15, -0.1) is 0 Å². The Kier molecular flexibility index (Phi) is 9.73. The van der Waals surface area contributed by atoms with Gasteiger partial charge < -0.3 is 10.2 Å². The van der Waals surface area contributed by atoms with E-state index >= 15 is 0 Å². The van der Waals surface area contributed by atoms with Crippen LogP contribution in [-0.4, -0.2) is 50.5 Å². The van der Waals surface area contributed by atoms with Crippen molar-refractivity contribution in [3.05, 3.63) is 64.1 Å². The van der Waals surface area contributed by atoms with Crippen LogP contribution in [0.2, 0.25) is 0 Å². The second kappa shape index (κ2) is 11.9. The molecule has 0 aliphatic rings. The van der Waals surface area contributed by atoms with E-state index in [2.05, 4.69) is 21.2 Å². The summed E-state index contributed by atoms with van der Waals surface area (Å²) >= 11 is 3.32. The van der Waals surface area contributed by atoms with Crippen molar-refractivity contribution in [2.24, 2.45) is 0 Å². The molecule has 0 saturated heterocycles. The number of amides is 2. The van der Waals surface area contributed by atoms with Gasteiger partial charge in [0.25, 0.3) is 0 Å². The van der Waals surface area contributed by atoms with Gasteiger partial charge in [0.2, 0.25) is 21.8 Å². The van der Waals surface area contributed by atoms with Crippen molar-refractivity contribution in [3.63, 3.8) is 0 Å². The summed E-state index contributed by atoms with van der Waals surface area (Å²) in [7, 11) is -4.14. The van der Waals surface area contributed by atoms with Gasteiger partial charge in [0.1, 0.15) is 12.6 Å². The Morgan fingerprint density at radius 3 is 2.29 bits per heavy atom. The molecule has 0 spiro atoms. The highest BCUT2D eigenvalue weighted by Gasteiger charge is 2.33. The molecule has 0 unspecified atom stereocenters. The number of nitrogens with zero attached hydrogens (tertiary/aromatic N) is 2. The molecule has 2 aromatic carbocycles. The lowest BCUT2D eigenvalue weighted by Crippen LogP contribution is -2.51. The molecule has 0 radical (unpaired) electrons. The predicted octanol–water partition coefficient (Wildman–Crippen LogP) is 4.18. The van der Waals surface area contributed by atoms with Gasteiger partial charge in [0.15, 0.2) is 0 Å². The largest absolute Gasteiger partial charge is 0.416 e. The average molecular weight is 578 g/mol. The zero-order chi connectivity index (χ0) is 26.4. The third-order valence-corrected chi connectivity index (χ3v) is 6.79. The predicted molar refractivity (Wildman–Crippen MR) is 131 cm³/mol. The fourth-order valence-electron chi connectivity index (χ4n) is 3.22. The zero-order valence-corrected chi connectivity index (χ0v) is 21.9. The van der Waals surface area contributed by atoms with E-state index in [1.54, 1.807) is 24.3 Å². The molecule has 35 heavy (non-hydrogen) atoms. The van der Waals surface area contributed by atoms with Crippen LogP contribution in [0.15, 0.2) is 53.0 Å². The summed E-state index contributed by atoms with van der Waals surface area (Å²) in [6, 6.07) is 9.76. The first-order valence-corrected chi connectivity index (χ1v) is 13.3. The minimum atomic E-state index is -4.69. The first-order chi connectivity index (χ1) is 16.2. The summed E-state index contributed by atoms with van der Waals surface area (Å²) in [6.07, 6.45) is -3.21. The Balaban J connectivity index is 2.41. The van der Waals surface area contributed by atoms with Crippen molar-refractivity contribution in [1.29, 1.82) is 0 Å². The molecule has 7 nitrogen and oxygen atoms in total. The van der Waals surface area contributed by atoms with Crippen molar-refractivity contribution in [2.45, 2.75) is 39.0 Å². The van der Waals surface area contributed by atoms with E-state index in [1.807, 2.05) is 6.92 Å². The monoisotopic (exact) mass is 577 g/mol. The summed E-state index contributed by atoms with van der Waals surface area (Å²) in [4.78, 5) is 27.2. The molecule has 0 aromatic heterocycles. The third kappa shape index (κ3) is 8.24. The van der Waals surface area contributed by atoms with Crippen molar-refractivity contribution < 1.29 is 31.2 Å². The molecular formula is C23H27BrF3N3O4S. The van der Waals surface area contributed by atoms with Crippen LogP contribution in [-0.2, 0) is 32.3 Å². The number of hydrogen-bond donors (Lipinski definition) is 1. The second-order valence-electron chi connectivity index (χ2n) is 7.93. The van der Waals surface area contributed by atoms with Crippen LogP contribution in [0.1, 0.15) is 31.4 Å². The van der Waals surface area contributed by atoms with E-state index < -0.39 is 46.2 Å². The molecule has 2 aromatic rings. The standard InChI is InChI=1S/C23H27BrF3N3O4S/c1-4-12-28-22(32)16(2)29(14-17-8-10-19(24)11-9-17)21(31)15-30(35(3,33)34)20-7-5-6-18(13-20)23(25,26)27/h5-11,13,16H,4,12,14-15H2,1-3H3,(H,28,32)/t16-/m0/s1. The lowest BCUT2D eigenvalue weighted by Gasteiger charge is -2.31. The zero-order valence-electron chi connectivity index (χ0n) is 19.5. The first-order valence-electron chi connectivity index (χ1n) is 10.7. The Morgan fingerprint density at radius 1 is 1.11 bits per heavy atom. The molecule has 0 aliphatic heterocycles. The normalized spacial score (nSPS) is 12.7. The van der Waals surface area contributed by atoms with Crippen LogP contribution in [0.5, 0.6) is 0 Å². The van der Waals surface area contributed by atoms with Crippen molar-refractivity contribution in [2.75, 3.05) is 23.7 Å². The van der Waals surface area contributed by atoms with Gasteiger partial charge in [-0.1, -0.05) is 41.1 Å². The van der Waals surface area contributed by atoms with Gasteiger partial charge >= 0.3 is 6.18 Å². The minimum absolute atomic E-state index is 0.00693. The molecule has 0 saturated carbocycles. The van der Waals surface area contributed by atoms with Crippen molar-refractivity contribution in [1.82, 2.24) is 10.2 Å². The van der Waals surface area contributed by atoms with Crippen LogP contribution in [0.4, 0.5) is 18.9 Å². The van der Waals surface area contributed by atoms with E-state index in [4.69, 9.17) is 0 Å². The number of halogens is 4. The van der Waals surface area contributed by atoms with Gasteiger partial charge in [0, 0.05) is 17.6 Å². The van der Waals surface area contributed by atoms with Gasteiger partial charge in [-0.3, -0.25) is 13.9 Å². The highest BCUT2D eigenvalue weighted by atomic mass is 79.9. The van der Waals surface area contributed by atoms with E-state index in [9.17, 15) is 31.2 Å². The summed E-state index contributed by atoms with van der Waals surface area (Å²) in [5, 5.41) is 2.70. The fourth-order valence-corrected chi connectivity index (χ4v) is 4.32. The van der Waals surface area contributed by atoms with Crippen LogP contribution >= 0.6 is 15.9 Å². The average Bonchev–Trinajstić information content (AvgIpc) is 2.78. The molecule has 0 heterocycles. The highest BCUT2D eigenvalue weighted by molar-refractivity contribution is 9.10. The van der Waals surface area contributed by atoms with Gasteiger partial charge in [-0.25, -0.2) is 8.42 Å². The van der Waals surface area contributed by atoms with Crippen molar-refractivity contribution >= 4 is 43.5 Å². The maximum absolute atomic E-state index is 13.4. The maximum atomic E-state index is 13.4. The van der Waals surface area contributed by atoms with Crippen molar-refractivity contribution in [3.8, 4) is 0 Å². The Morgan fingerprint density at radius 2 is 1.74 bits per heavy atom. The van der Waals surface area contributed by atoms with Crippen LogP contribution in [0.3, 0.4) is 0 Å². The Labute approximate surface area is 211 Å².